The molecule has 0 fully saturated rings. The number of Topliss-reactive ketones (excluding diaryl/α,β-unsaturated/α-hetero) is 1. The number of aldehydes is 1. The zero-order chi connectivity index (χ0) is 12.8. The average molecular weight is 252 g/mol. The number of benzene rings is 1. The van der Waals surface area contributed by atoms with Crippen LogP contribution in [-0.2, 0) is 15.7 Å². The van der Waals surface area contributed by atoms with Crippen molar-refractivity contribution in [3.8, 4) is 0 Å². The van der Waals surface area contributed by atoms with Crippen LogP contribution in [0.4, 0.5) is 5.69 Å². The molecule has 0 bridgehead atoms. The van der Waals surface area contributed by atoms with E-state index in [0.717, 1.165) is 17.5 Å². The molecule has 4 heteroatoms. The Morgan fingerprint density at radius 3 is 2.35 bits per heavy atom. The quantitative estimate of drug-likeness (QED) is 0.436. The van der Waals surface area contributed by atoms with Crippen molar-refractivity contribution in [1.29, 1.82) is 0 Å². The Morgan fingerprint density at radius 1 is 1.29 bits per heavy atom. The number of hydrogen-bond donors (Lipinski definition) is 0. The fourth-order valence-electron chi connectivity index (χ4n) is 1.43. The second kappa shape index (κ2) is 6.45. The summed E-state index contributed by atoms with van der Waals surface area (Å²) in [6.45, 7) is 0. The van der Waals surface area contributed by atoms with Crippen LogP contribution in [0.15, 0.2) is 24.3 Å². The summed E-state index contributed by atoms with van der Waals surface area (Å²) in [6.07, 6.45) is 2.83. The molecular weight excluding hydrogens is 234 g/mol. The summed E-state index contributed by atoms with van der Waals surface area (Å²) in [7, 11) is 3.78. The molecule has 1 aromatic rings. The van der Waals surface area contributed by atoms with Gasteiger partial charge in [-0.2, -0.15) is 0 Å². The van der Waals surface area contributed by atoms with Gasteiger partial charge in [-0.1, -0.05) is 0 Å². The lowest BCUT2D eigenvalue weighted by Gasteiger charge is -2.12. The van der Waals surface area contributed by atoms with E-state index >= 15 is 0 Å². The first-order valence-electron chi connectivity index (χ1n) is 5.38. The normalized spacial score (nSPS) is 11.9. The van der Waals surface area contributed by atoms with Crippen LogP contribution in [0.25, 0.3) is 0 Å². The summed E-state index contributed by atoms with van der Waals surface area (Å²) in [5, 5.41) is 0. The molecule has 0 saturated carbocycles. The number of rotatable bonds is 6. The van der Waals surface area contributed by atoms with E-state index in [0.29, 0.717) is 11.5 Å². The number of ketones is 1. The van der Waals surface area contributed by atoms with E-state index in [1.807, 2.05) is 49.5 Å². The van der Waals surface area contributed by atoms with Gasteiger partial charge < -0.3 is 4.90 Å². The van der Waals surface area contributed by atoms with E-state index in [4.69, 9.17) is 0 Å². The van der Waals surface area contributed by atoms with Crippen molar-refractivity contribution >= 4 is 28.7 Å². The molecule has 92 valence electrons. The smallest absolute Gasteiger partial charge is 0.211 e. The van der Waals surface area contributed by atoms with Crippen LogP contribution >= 0.6 is 0 Å². The molecular formula is C13H18NO2S+. The van der Waals surface area contributed by atoms with E-state index in [1.54, 1.807) is 0 Å². The Bertz CT molecular complexity index is 387. The third-order valence-electron chi connectivity index (χ3n) is 2.44. The Balaban J connectivity index is 2.66. The van der Waals surface area contributed by atoms with Crippen LogP contribution < -0.4 is 4.90 Å². The van der Waals surface area contributed by atoms with Crippen LogP contribution in [0, 0.1) is 0 Å². The molecule has 1 unspecified atom stereocenters. The molecule has 0 aliphatic rings. The molecule has 1 atom stereocenters. The molecule has 0 saturated heterocycles. The van der Waals surface area contributed by atoms with Crippen molar-refractivity contribution in [2.45, 2.75) is 0 Å². The summed E-state index contributed by atoms with van der Waals surface area (Å²) < 4.78 is 0. The minimum atomic E-state index is -0.143. The maximum Gasteiger partial charge on any atom is 0.211 e. The van der Waals surface area contributed by atoms with Crippen molar-refractivity contribution in [2.75, 3.05) is 36.8 Å². The maximum atomic E-state index is 11.9. The molecule has 0 aliphatic carbocycles. The second-order valence-electron chi connectivity index (χ2n) is 4.12. The zero-order valence-electron chi connectivity index (χ0n) is 10.5. The number of anilines is 1. The summed E-state index contributed by atoms with van der Waals surface area (Å²) in [5.74, 6) is 1.05. The van der Waals surface area contributed by atoms with Crippen molar-refractivity contribution in [3.05, 3.63) is 29.8 Å². The Morgan fingerprint density at radius 2 is 1.88 bits per heavy atom. The minimum absolute atomic E-state index is 0.114. The number of carbonyl (C=O) groups excluding carboxylic acids is 2. The molecule has 0 spiro atoms. The highest BCUT2D eigenvalue weighted by Gasteiger charge is 2.17. The number of nitrogens with zero attached hydrogens (tertiary/aromatic N) is 1. The topological polar surface area (TPSA) is 37.4 Å². The second-order valence-corrected chi connectivity index (χ2v) is 6.31. The first-order valence-corrected chi connectivity index (χ1v) is 7.35. The van der Waals surface area contributed by atoms with Gasteiger partial charge >= 0.3 is 0 Å². The van der Waals surface area contributed by atoms with E-state index in [2.05, 4.69) is 0 Å². The molecule has 0 radical (unpaired) electrons. The van der Waals surface area contributed by atoms with E-state index in [9.17, 15) is 9.59 Å². The van der Waals surface area contributed by atoms with Gasteiger partial charge in [0, 0.05) is 25.3 Å². The first kappa shape index (κ1) is 13.8. The highest BCUT2D eigenvalue weighted by Crippen LogP contribution is 2.13. The summed E-state index contributed by atoms with van der Waals surface area (Å²) >= 11 is 0. The standard InChI is InChI=1S/C13H18NO2S/c1-14(2)12-6-4-11(5-7-12)13(16)10-17(3)9-8-15/h4-8H,9-10H2,1-3H3/q+1. The molecule has 0 aliphatic heterocycles. The average Bonchev–Trinajstić information content (AvgIpc) is 2.29. The highest BCUT2D eigenvalue weighted by molar-refractivity contribution is 7.97. The lowest BCUT2D eigenvalue weighted by molar-refractivity contribution is -0.105. The zero-order valence-corrected chi connectivity index (χ0v) is 11.3. The van der Waals surface area contributed by atoms with Gasteiger partial charge in [0.15, 0.2) is 17.8 Å². The van der Waals surface area contributed by atoms with Gasteiger partial charge in [0.25, 0.3) is 0 Å². The molecule has 0 heterocycles. The Hall–Kier alpha value is -1.29. The van der Waals surface area contributed by atoms with E-state index in [-0.39, 0.29) is 16.7 Å². The van der Waals surface area contributed by atoms with Crippen molar-refractivity contribution in [3.63, 3.8) is 0 Å². The SMILES string of the molecule is CN(C)c1ccc(C(=O)C[S+](C)CC=O)cc1. The predicted molar refractivity (Wildman–Crippen MR) is 74.2 cm³/mol. The van der Waals surface area contributed by atoms with Crippen LogP contribution in [0.3, 0.4) is 0 Å². The summed E-state index contributed by atoms with van der Waals surface area (Å²) in [6, 6.07) is 7.55. The van der Waals surface area contributed by atoms with Crippen LogP contribution in [0.1, 0.15) is 10.4 Å². The van der Waals surface area contributed by atoms with Gasteiger partial charge in [0.05, 0.1) is 6.26 Å². The van der Waals surface area contributed by atoms with E-state index < -0.39 is 0 Å². The third-order valence-corrected chi connectivity index (χ3v) is 3.90. The summed E-state index contributed by atoms with van der Waals surface area (Å²) in [5.41, 5.74) is 1.80. The lowest BCUT2D eigenvalue weighted by atomic mass is 10.1. The molecule has 17 heavy (non-hydrogen) atoms. The number of carbonyl (C=O) groups is 2. The van der Waals surface area contributed by atoms with Gasteiger partial charge in [-0.05, 0) is 35.2 Å². The van der Waals surface area contributed by atoms with Crippen LogP contribution in [-0.4, -0.2) is 43.9 Å². The van der Waals surface area contributed by atoms with Gasteiger partial charge in [-0.25, -0.2) is 0 Å². The van der Waals surface area contributed by atoms with Gasteiger partial charge in [0.1, 0.15) is 0 Å². The van der Waals surface area contributed by atoms with Crippen molar-refractivity contribution in [1.82, 2.24) is 0 Å². The van der Waals surface area contributed by atoms with Crippen molar-refractivity contribution < 1.29 is 9.59 Å². The van der Waals surface area contributed by atoms with Gasteiger partial charge in [0.2, 0.25) is 5.78 Å². The number of hydrogen-bond acceptors (Lipinski definition) is 3. The fraction of sp³-hybridized carbons (Fsp3) is 0.385. The third kappa shape index (κ3) is 4.23. The van der Waals surface area contributed by atoms with E-state index in [1.165, 1.54) is 0 Å². The predicted octanol–water partition coefficient (Wildman–Crippen LogP) is 1.38. The first-order chi connectivity index (χ1) is 8.04. The Kier molecular flexibility index (Phi) is 5.22. The summed E-state index contributed by atoms with van der Waals surface area (Å²) in [4.78, 5) is 24.2. The van der Waals surface area contributed by atoms with Crippen LogP contribution in [0.2, 0.25) is 0 Å². The highest BCUT2D eigenvalue weighted by atomic mass is 32.2. The monoisotopic (exact) mass is 252 g/mol. The van der Waals surface area contributed by atoms with Crippen molar-refractivity contribution in [2.24, 2.45) is 0 Å². The molecule has 0 aromatic heterocycles. The lowest BCUT2D eigenvalue weighted by Crippen LogP contribution is -2.19. The molecule has 0 N–H and O–H groups in total. The van der Waals surface area contributed by atoms with Crippen LogP contribution in [0.5, 0.6) is 0 Å². The minimum Gasteiger partial charge on any atom is -0.378 e. The molecule has 1 rings (SSSR count). The Labute approximate surface area is 105 Å². The van der Waals surface area contributed by atoms with Gasteiger partial charge in [-0.3, -0.25) is 9.59 Å². The fourth-order valence-corrected chi connectivity index (χ4v) is 2.39. The molecule has 1 aromatic carbocycles. The molecule has 3 nitrogen and oxygen atoms in total. The molecule has 0 amide bonds. The van der Waals surface area contributed by atoms with Gasteiger partial charge in [-0.15, -0.1) is 0 Å². The maximum absolute atomic E-state index is 11.9. The largest absolute Gasteiger partial charge is 0.378 e.